The van der Waals surface area contributed by atoms with E-state index in [1.165, 1.54) is 22.7 Å². The molecule has 0 aliphatic heterocycles. The number of rotatable bonds is 11. The van der Waals surface area contributed by atoms with Crippen molar-refractivity contribution < 1.29 is 0 Å². The molecule has 0 atom stereocenters. The fourth-order valence-corrected chi connectivity index (χ4v) is 20.4. The molecule has 0 aliphatic carbocycles. The molecule has 5 aromatic carbocycles. The van der Waals surface area contributed by atoms with Crippen molar-refractivity contribution in [1.29, 1.82) is 0 Å². The topological polar surface area (TPSA) is 0 Å². The zero-order chi connectivity index (χ0) is 25.1. The van der Waals surface area contributed by atoms with Crippen LogP contribution in [-0.2, 0) is 0 Å². The van der Waals surface area contributed by atoms with Gasteiger partial charge in [0.15, 0.2) is 0 Å². The summed E-state index contributed by atoms with van der Waals surface area (Å²) < 4.78 is 6.30. The fraction of sp³-hybridized carbons (Fsp3) is 0.118. The van der Waals surface area contributed by atoms with Gasteiger partial charge < -0.3 is 0 Å². The van der Waals surface area contributed by atoms with Gasteiger partial charge in [-0.3, -0.25) is 0 Å². The summed E-state index contributed by atoms with van der Waals surface area (Å²) in [6.07, 6.45) is 2.63. The first-order chi connectivity index (χ1) is 18.4. The SMILES string of the molecule is c1ccc(P(CC[As+](c2ccccc2)c2ccccc2)CC[As+](c2ccccc2)c2ccccc2)cc1. The van der Waals surface area contributed by atoms with Crippen molar-refractivity contribution in [1.82, 2.24) is 0 Å². The van der Waals surface area contributed by atoms with Crippen LogP contribution in [0.1, 0.15) is 0 Å². The van der Waals surface area contributed by atoms with Gasteiger partial charge in [-0.05, 0) is 0 Å². The van der Waals surface area contributed by atoms with E-state index in [0.29, 0.717) is 0 Å². The van der Waals surface area contributed by atoms with Crippen LogP contribution in [0.15, 0.2) is 152 Å². The fourth-order valence-electron chi connectivity index (χ4n) is 4.70. The standard InChI is InChI=1S/C34H33As2P/c1-6-16-30(17-7-1)35(31-18-8-2-9-19-31)26-28-37(34-24-14-5-15-25-34)29-27-36(32-20-10-3-11-21-32)33-22-12-4-13-23-33/h1-25H,26-29H2/q+2. The van der Waals surface area contributed by atoms with Crippen LogP contribution in [0.3, 0.4) is 0 Å². The monoisotopic (exact) mass is 622 g/mol. The van der Waals surface area contributed by atoms with Crippen LogP contribution < -0.4 is 22.7 Å². The number of hydrogen-bond acceptors (Lipinski definition) is 0. The van der Waals surface area contributed by atoms with Gasteiger partial charge in [0, 0.05) is 0 Å². The molecule has 0 heterocycles. The normalized spacial score (nSPS) is 11.3. The van der Waals surface area contributed by atoms with Gasteiger partial charge in [-0.15, -0.1) is 0 Å². The Balaban J connectivity index is 1.39. The van der Waals surface area contributed by atoms with E-state index in [1.54, 1.807) is 22.7 Å². The molecule has 0 bridgehead atoms. The van der Waals surface area contributed by atoms with E-state index in [1.807, 2.05) is 0 Å². The van der Waals surface area contributed by atoms with Crippen LogP contribution >= 0.6 is 7.92 Å². The van der Waals surface area contributed by atoms with E-state index in [0.717, 1.165) is 0 Å². The van der Waals surface area contributed by atoms with Gasteiger partial charge in [0.1, 0.15) is 0 Å². The summed E-state index contributed by atoms with van der Waals surface area (Å²) in [5, 5.41) is 4.22. The van der Waals surface area contributed by atoms with E-state index in [9.17, 15) is 0 Å². The summed E-state index contributed by atoms with van der Waals surface area (Å²) in [4.78, 5) is 0. The maximum absolute atomic E-state index is 2.39. The van der Waals surface area contributed by atoms with E-state index in [4.69, 9.17) is 0 Å². The molecule has 0 aliphatic rings. The first-order valence-corrected chi connectivity index (χ1v) is 21.1. The van der Waals surface area contributed by atoms with Crippen molar-refractivity contribution in [3.63, 3.8) is 0 Å². The Bertz CT molecular complexity index is 1150. The van der Waals surface area contributed by atoms with Gasteiger partial charge >= 0.3 is 234 Å². The van der Waals surface area contributed by atoms with Crippen LogP contribution in [0.2, 0.25) is 10.4 Å². The Labute approximate surface area is 233 Å². The minimum atomic E-state index is -1.36. The van der Waals surface area contributed by atoms with Crippen molar-refractivity contribution in [2.24, 2.45) is 0 Å². The second-order valence-electron chi connectivity index (χ2n) is 8.97. The quantitative estimate of drug-likeness (QED) is 0.137. The summed E-state index contributed by atoms with van der Waals surface area (Å²) in [6.45, 7) is 0. The van der Waals surface area contributed by atoms with Crippen molar-refractivity contribution in [3.8, 4) is 0 Å². The molecule has 182 valence electrons. The molecule has 0 saturated carbocycles. The Morgan fingerprint density at radius 2 is 0.622 bits per heavy atom. The zero-order valence-corrected chi connectivity index (χ0v) is 25.8. The predicted molar refractivity (Wildman–Crippen MR) is 168 cm³/mol. The van der Waals surface area contributed by atoms with Crippen molar-refractivity contribution in [2.45, 2.75) is 10.4 Å². The van der Waals surface area contributed by atoms with E-state index >= 15 is 0 Å². The Morgan fingerprint density at radius 3 is 0.919 bits per heavy atom. The predicted octanol–water partition coefficient (Wildman–Crippen LogP) is 5.41. The average molecular weight is 622 g/mol. The molecular formula is C34H33As2P+2. The van der Waals surface area contributed by atoms with Gasteiger partial charge in [-0.2, -0.15) is 0 Å². The Morgan fingerprint density at radius 1 is 0.351 bits per heavy atom. The van der Waals surface area contributed by atoms with E-state index in [-0.39, 0.29) is 7.92 Å². The third-order valence-corrected chi connectivity index (χ3v) is 21.2. The summed E-state index contributed by atoms with van der Waals surface area (Å²) in [7, 11) is -0.209. The molecule has 0 aromatic heterocycles. The second kappa shape index (κ2) is 14.0. The summed E-state index contributed by atoms with van der Waals surface area (Å²) in [6, 6.07) is 56.7. The molecule has 0 saturated heterocycles. The van der Waals surface area contributed by atoms with Crippen LogP contribution in [0.25, 0.3) is 0 Å². The van der Waals surface area contributed by atoms with E-state index < -0.39 is 29.3 Å². The van der Waals surface area contributed by atoms with Crippen LogP contribution in [-0.4, -0.2) is 41.6 Å². The van der Waals surface area contributed by atoms with Crippen LogP contribution in [0, 0.1) is 0 Å². The molecule has 5 rings (SSSR count). The number of benzene rings is 5. The van der Waals surface area contributed by atoms with Crippen molar-refractivity contribution >= 4 is 59.9 Å². The molecule has 0 spiro atoms. The average Bonchev–Trinajstić information content (AvgIpc) is 2.99. The molecule has 0 unspecified atom stereocenters. The van der Waals surface area contributed by atoms with Gasteiger partial charge in [-0.1, -0.05) is 0 Å². The first-order valence-electron chi connectivity index (χ1n) is 12.9. The minimum absolute atomic E-state index is 0.209. The molecule has 2 radical (unpaired) electrons. The molecule has 0 fully saturated rings. The Kier molecular flexibility index (Phi) is 9.92. The third kappa shape index (κ3) is 7.36. The summed E-state index contributed by atoms with van der Waals surface area (Å²) >= 11 is -2.71. The van der Waals surface area contributed by atoms with Crippen LogP contribution in [0.5, 0.6) is 0 Å². The summed E-state index contributed by atoms with van der Waals surface area (Å²) in [5.74, 6) is 0. The zero-order valence-electron chi connectivity index (χ0n) is 21.1. The molecule has 0 nitrogen and oxygen atoms in total. The molecule has 0 amide bonds. The van der Waals surface area contributed by atoms with Crippen molar-refractivity contribution in [2.75, 3.05) is 12.3 Å². The van der Waals surface area contributed by atoms with Gasteiger partial charge in [-0.25, -0.2) is 0 Å². The third-order valence-electron chi connectivity index (χ3n) is 6.58. The van der Waals surface area contributed by atoms with E-state index in [2.05, 4.69) is 152 Å². The molecule has 37 heavy (non-hydrogen) atoms. The van der Waals surface area contributed by atoms with Gasteiger partial charge in [0.2, 0.25) is 0 Å². The molecule has 3 heteroatoms. The van der Waals surface area contributed by atoms with Crippen molar-refractivity contribution in [3.05, 3.63) is 152 Å². The first kappa shape index (κ1) is 26.3. The van der Waals surface area contributed by atoms with Crippen LogP contribution in [0.4, 0.5) is 0 Å². The summed E-state index contributed by atoms with van der Waals surface area (Å²) in [5.41, 5.74) is 0. The second-order valence-corrected chi connectivity index (χ2v) is 21.3. The van der Waals surface area contributed by atoms with Gasteiger partial charge in [0.25, 0.3) is 0 Å². The molecule has 0 N–H and O–H groups in total. The number of hydrogen-bond donors (Lipinski definition) is 0. The molecular weight excluding hydrogens is 589 g/mol. The van der Waals surface area contributed by atoms with Gasteiger partial charge in [0.05, 0.1) is 0 Å². The Hall–Kier alpha value is -2.35. The molecule has 5 aromatic rings. The maximum atomic E-state index is 2.39.